The number of anilines is 4. The molecule has 0 unspecified atom stereocenters. The minimum Gasteiger partial charge on any atom is -0.477 e. The molecule has 4 bridgehead atoms. The second-order valence-corrected chi connectivity index (χ2v) is 17.2. The summed E-state index contributed by atoms with van der Waals surface area (Å²) >= 11 is 0. The van der Waals surface area contributed by atoms with E-state index in [4.69, 9.17) is 10.8 Å². The molecule has 73 heavy (non-hydrogen) atoms. The molecule has 392 valence electrons. The molecule has 4 fully saturated rings. The fourth-order valence-electron chi connectivity index (χ4n) is 9.84. The van der Waals surface area contributed by atoms with Crippen molar-refractivity contribution < 1.29 is 67.4 Å². The van der Waals surface area contributed by atoms with Gasteiger partial charge in [-0.15, -0.1) is 12.4 Å². The first-order valence-electron chi connectivity index (χ1n) is 21.7. The first-order chi connectivity index (χ1) is 33.2. The number of nitrogen functional groups attached to an aromatic ring is 1. The number of rotatable bonds is 5. The van der Waals surface area contributed by atoms with Gasteiger partial charge in [0.05, 0.1) is 33.3 Å². The Bertz CT molecular complexity index is 3140. The molecule has 4 aromatic heterocycles. The van der Waals surface area contributed by atoms with Crippen molar-refractivity contribution in [1.82, 2.24) is 19.9 Å². The Balaban J connectivity index is 0.000000193. The van der Waals surface area contributed by atoms with Crippen LogP contribution in [-0.4, -0.2) is 61.1 Å². The van der Waals surface area contributed by atoms with Gasteiger partial charge in [-0.25, -0.2) is 14.8 Å². The maximum absolute atomic E-state index is 13.8. The predicted molar refractivity (Wildman–Crippen MR) is 248 cm³/mol. The van der Waals surface area contributed by atoms with E-state index in [1.54, 1.807) is 6.07 Å². The van der Waals surface area contributed by atoms with Crippen molar-refractivity contribution in [3.8, 4) is 0 Å². The summed E-state index contributed by atoms with van der Waals surface area (Å²) in [5, 5.41) is 9.29. The van der Waals surface area contributed by atoms with Crippen molar-refractivity contribution in [2.75, 3.05) is 20.9 Å². The van der Waals surface area contributed by atoms with Crippen LogP contribution in [0.4, 0.5) is 75.7 Å². The summed E-state index contributed by atoms with van der Waals surface area (Å²) in [6.07, 6.45) is -9.54. The van der Waals surface area contributed by atoms with Gasteiger partial charge in [-0.3, -0.25) is 14.4 Å². The molecule has 0 saturated carbocycles. The second-order valence-electron chi connectivity index (χ2n) is 17.2. The quantitative estimate of drug-likeness (QED) is 0.104. The molecule has 1 amide bonds. The number of aromatic carboxylic acids is 1. The van der Waals surface area contributed by atoms with Crippen LogP contribution in [0.3, 0.4) is 0 Å². The normalized spacial score (nSPS) is 19.1. The number of carboxylic acid groups (broad SMARTS) is 1. The zero-order valence-electron chi connectivity index (χ0n) is 36.8. The summed E-state index contributed by atoms with van der Waals surface area (Å²) in [4.78, 5) is 64.3. The van der Waals surface area contributed by atoms with E-state index in [0.29, 0.717) is 24.0 Å². The largest absolute Gasteiger partial charge is 0.477 e. The minimum absolute atomic E-state index is 0. The van der Waals surface area contributed by atoms with E-state index in [2.05, 4.69) is 19.9 Å². The summed E-state index contributed by atoms with van der Waals surface area (Å²) in [5.74, 6) is -2.29. The Morgan fingerprint density at radius 2 is 0.959 bits per heavy atom. The summed E-state index contributed by atoms with van der Waals surface area (Å²) < 4.78 is 158. The van der Waals surface area contributed by atoms with Crippen LogP contribution in [0.15, 0.2) is 82.6 Å². The van der Waals surface area contributed by atoms with E-state index in [0.717, 1.165) is 88.0 Å². The van der Waals surface area contributed by atoms with Gasteiger partial charge in [-0.1, -0.05) is 19.6 Å². The van der Waals surface area contributed by atoms with Gasteiger partial charge >= 0.3 is 30.7 Å². The number of aromatic amines is 2. The third-order valence-electron chi connectivity index (χ3n) is 12.9. The van der Waals surface area contributed by atoms with E-state index in [1.807, 2.05) is 15.1 Å². The Labute approximate surface area is 411 Å². The number of fused-ring (bicyclic) bond motifs is 6. The smallest absolute Gasteiger partial charge is 0.435 e. The van der Waals surface area contributed by atoms with Gasteiger partial charge in [0.15, 0.2) is 11.4 Å². The van der Waals surface area contributed by atoms with Gasteiger partial charge in [-0.05, 0) is 99.9 Å². The number of benzene rings is 2. The van der Waals surface area contributed by atoms with Crippen molar-refractivity contribution in [2.24, 2.45) is 0 Å². The molecule has 6 aromatic rings. The van der Waals surface area contributed by atoms with E-state index >= 15 is 0 Å². The van der Waals surface area contributed by atoms with Crippen molar-refractivity contribution in [1.29, 1.82) is 0 Å². The Morgan fingerprint density at radius 3 is 1.36 bits per heavy atom. The first kappa shape index (κ1) is 55.3. The van der Waals surface area contributed by atoms with E-state index in [1.165, 1.54) is 24.3 Å². The molecule has 0 atom stereocenters. The van der Waals surface area contributed by atoms with Crippen LogP contribution >= 0.6 is 12.4 Å². The summed E-state index contributed by atoms with van der Waals surface area (Å²) in [6.45, 7) is 0. The third kappa shape index (κ3) is 11.0. The number of amides is 1. The lowest BCUT2D eigenvalue weighted by atomic mass is 10.0. The number of nitrogens with one attached hydrogen (secondary N) is 3. The van der Waals surface area contributed by atoms with Gasteiger partial charge in [0.1, 0.15) is 22.8 Å². The lowest BCUT2D eigenvalue weighted by Crippen LogP contribution is -2.30. The molecule has 0 aliphatic carbocycles. The summed E-state index contributed by atoms with van der Waals surface area (Å²) in [5.41, 5.74) is -4.46. The van der Waals surface area contributed by atoms with Crippen LogP contribution in [0, 0.1) is 0 Å². The number of H-pyrrole nitrogens is 2. The second kappa shape index (κ2) is 20.5. The molecular weight excluding hydrogens is 1020 g/mol. The molecule has 10 rings (SSSR count). The number of alkyl halides is 12. The number of nitrogens with zero attached hydrogens (tertiary/aromatic N) is 4. The van der Waals surface area contributed by atoms with E-state index in [-0.39, 0.29) is 54.5 Å². The van der Waals surface area contributed by atoms with Crippen LogP contribution in [0.5, 0.6) is 0 Å². The molecule has 4 saturated heterocycles. The standard InChI is InChI=1S/C23H18F6N4O2.C12H14F3N3.C11H6F3NO3.CH4.ClH/c24-22(25,26)14-2-1-3-15-18(14)19(34)13(10-30-15)21(35)31-16-8-9-17(32-20(16)23(27,28)29)33-11-4-5-12(33)7-6-11;13-12(14,15)11-9(16)5-6-10(17-11)18-7-1-2-8(18)4-3-7;12-11(13,14)6-2-1-3-7-8(6)9(16)5(4-15-7)10(17)18;;/h1-3,8-12H,4-7H2,(H,30,34)(H,31,35);5-8H,1-4,16H2;1-4H,(H,15,16)(H,17,18);1H4;1H. The number of carbonyl (C=O) groups excluding carboxylic acids is 1. The highest BCUT2D eigenvalue weighted by Gasteiger charge is 2.44. The van der Waals surface area contributed by atoms with Gasteiger partial charge in [0.2, 0.25) is 10.9 Å². The number of carbonyl (C=O) groups is 2. The lowest BCUT2D eigenvalue weighted by Gasteiger charge is -2.25. The highest BCUT2D eigenvalue weighted by molar-refractivity contribution is 6.06. The third-order valence-corrected chi connectivity index (χ3v) is 12.9. The SMILES string of the molecule is C.Cl.Nc1ccc(N2C3CCC2CC3)nc1C(F)(F)F.O=C(Nc1ccc(N2C3CCC2CC3)nc1C(F)(F)F)c1c[nH]c2cccc(C(F)(F)F)c2c1=O.O=C(O)c1c[nH]c2cccc(C(F)(F)F)c2c1=O. The molecule has 13 nitrogen and oxygen atoms in total. The van der Waals surface area contributed by atoms with Crippen LogP contribution in [-0.2, 0) is 24.7 Å². The number of aromatic nitrogens is 4. The Hall–Kier alpha value is -7.05. The van der Waals surface area contributed by atoms with Crippen molar-refractivity contribution in [3.05, 3.63) is 127 Å². The van der Waals surface area contributed by atoms with Crippen LogP contribution < -0.4 is 31.7 Å². The van der Waals surface area contributed by atoms with Crippen LogP contribution in [0.2, 0.25) is 0 Å². The average Bonchev–Trinajstić information content (AvgIpc) is 4.11. The van der Waals surface area contributed by atoms with Crippen LogP contribution in [0.1, 0.15) is 102 Å². The van der Waals surface area contributed by atoms with E-state index < -0.39 is 97.5 Å². The predicted octanol–water partition coefficient (Wildman–Crippen LogP) is 11.5. The number of pyridine rings is 4. The summed E-state index contributed by atoms with van der Waals surface area (Å²) in [6, 6.07) is 12.4. The zero-order chi connectivity index (χ0) is 51.5. The summed E-state index contributed by atoms with van der Waals surface area (Å²) in [7, 11) is 0. The van der Waals surface area contributed by atoms with Gasteiger partial charge in [0, 0.05) is 47.6 Å². The lowest BCUT2D eigenvalue weighted by molar-refractivity contribution is -0.141. The minimum atomic E-state index is -4.92. The number of hydrogen-bond acceptors (Lipinski definition) is 9. The van der Waals surface area contributed by atoms with Crippen molar-refractivity contribution >= 4 is 69.1 Å². The number of nitrogens with two attached hydrogens (primary N) is 1. The topological polar surface area (TPSA) is 190 Å². The van der Waals surface area contributed by atoms with Crippen LogP contribution in [0.25, 0.3) is 21.8 Å². The molecule has 4 aliphatic rings. The van der Waals surface area contributed by atoms with Gasteiger partial charge in [0.25, 0.3) is 5.91 Å². The Kier molecular flexibility index (Phi) is 15.5. The fraction of sp³-hybridized carbons (Fsp3) is 0.362. The molecule has 0 spiro atoms. The highest BCUT2D eigenvalue weighted by Crippen LogP contribution is 2.44. The van der Waals surface area contributed by atoms with Gasteiger partial charge in [-0.2, -0.15) is 52.7 Å². The Morgan fingerprint density at radius 1 is 0.575 bits per heavy atom. The van der Waals surface area contributed by atoms with Gasteiger partial charge < -0.3 is 35.9 Å². The molecule has 0 radical (unpaired) electrons. The highest BCUT2D eigenvalue weighted by atomic mass is 35.5. The fourth-order valence-corrected chi connectivity index (χ4v) is 9.84. The molecule has 8 heterocycles. The molecule has 6 N–H and O–H groups in total. The van der Waals surface area contributed by atoms with Crippen molar-refractivity contribution in [2.45, 2.75) is 108 Å². The molecule has 26 heteroatoms. The molecular formula is C47H43ClF12N8O5. The number of halogens is 13. The molecule has 4 aliphatic heterocycles. The zero-order valence-corrected chi connectivity index (χ0v) is 37.6. The van der Waals surface area contributed by atoms with Crippen molar-refractivity contribution in [3.63, 3.8) is 0 Å². The number of hydrogen-bond donors (Lipinski definition) is 5. The average molecular weight is 1060 g/mol. The van der Waals surface area contributed by atoms with E-state index in [9.17, 15) is 71.9 Å². The maximum atomic E-state index is 13.8. The molecule has 2 aromatic carbocycles. The monoisotopic (exact) mass is 1060 g/mol. The first-order valence-corrected chi connectivity index (χ1v) is 21.7. The number of carboxylic acids is 1. The maximum Gasteiger partial charge on any atom is 0.435 e.